The van der Waals surface area contributed by atoms with Gasteiger partial charge < -0.3 is 5.11 Å². The lowest BCUT2D eigenvalue weighted by molar-refractivity contribution is -0.140. The molecule has 3 rings (SSSR count). The van der Waals surface area contributed by atoms with E-state index in [9.17, 15) is 9.90 Å². The van der Waals surface area contributed by atoms with Gasteiger partial charge in [0.15, 0.2) is 0 Å². The number of carbonyl (C=O) groups is 1. The molecule has 1 atom stereocenters. The number of hydrogen-bond donors (Lipinski definition) is 1. The molecule has 1 N–H and O–H groups in total. The molecule has 22 heavy (non-hydrogen) atoms. The highest BCUT2D eigenvalue weighted by molar-refractivity contribution is 5.80. The molecular weight excluding hydrogens is 280 g/mol. The van der Waals surface area contributed by atoms with Crippen LogP contribution in [0.5, 0.6) is 0 Å². The van der Waals surface area contributed by atoms with Crippen LogP contribution in [0.3, 0.4) is 0 Å². The Hall–Kier alpha value is -3.02. The molecule has 6 heteroatoms. The van der Waals surface area contributed by atoms with Crippen LogP contribution < -0.4 is 0 Å². The van der Waals surface area contributed by atoms with Gasteiger partial charge in [-0.1, -0.05) is 35.5 Å². The first kappa shape index (κ1) is 13.9. The minimum absolute atomic E-state index is 0.640. The van der Waals surface area contributed by atoms with Gasteiger partial charge in [0.2, 0.25) is 0 Å². The van der Waals surface area contributed by atoms with E-state index in [4.69, 9.17) is 0 Å². The Morgan fingerprint density at radius 2 is 1.77 bits per heavy atom. The largest absolute Gasteiger partial charge is 0.480 e. The van der Waals surface area contributed by atoms with Crippen molar-refractivity contribution in [2.45, 2.75) is 13.0 Å². The maximum Gasteiger partial charge on any atom is 0.328 e. The maximum atomic E-state index is 11.3. The van der Waals surface area contributed by atoms with Crippen LogP contribution in [-0.4, -0.2) is 31.1 Å². The Balaban J connectivity index is 2.22. The third-order valence-electron chi connectivity index (χ3n) is 3.42. The number of carboxylic acid groups (broad SMARTS) is 1. The van der Waals surface area contributed by atoms with Gasteiger partial charge in [0, 0.05) is 23.5 Å². The molecule has 0 aliphatic carbocycles. The van der Waals surface area contributed by atoms with Crippen molar-refractivity contribution in [1.82, 2.24) is 20.0 Å². The third kappa shape index (κ3) is 2.46. The predicted molar refractivity (Wildman–Crippen MR) is 81.0 cm³/mol. The molecule has 1 aromatic carbocycles. The molecule has 0 bridgehead atoms. The quantitative estimate of drug-likeness (QED) is 0.800. The SMILES string of the molecule is CC(C(=O)O)n1nnc(-c2ccncc2)c1-c1ccccc1. The molecule has 6 nitrogen and oxygen atoms in total. The van der Waals surface area contributed by atoms with Crippen molar-refractivity contribution in [3.05, 3.63) is 54.9 Å². The fraction of sp³-hybridized carbons (Fsp3) is 0.125. The van der Waals surface area contributed by atoms with Gasteiger partial charge in [-0.25, -0.2) is 9.48 Å². The van der Waals surface area contributed by atoms with Crippen molar-refractivity contribution >= 4 is 5.97 Å². The first-order valence-corrected chi connectivity index (χ1v) is 6.82. The van der Waals surface area contributed by atoms with Crippen molar-refractivity contribution < 1.29 is 9.90 Å². The molecule has 0 aliphatic rings. The summed E-state index contributed by atoms with van der Waals surface area (Å²) in [5.74, 6) is -0.955. The summed E-state index contributed by atoms with van der Waals surface area (Å²) in [5.41, 5.74) is 3.04. The average molecular weight is 294 g/mol. The molecule has 0 radical (unpaired) electrons. The van der Waals surface area contributed by atoms with E-state index in [1.807, 2.05) is 42.5 Å². The topological polar surface area (TPSA) is 80.9 Å². The third-order valence-corrected chi connectivity index (χ3v) is 3.42. The summed E-state index contributed by atoms with van der Waals surface area (Å²) in [5, 5.41) is 17.5. The molecule has 0 saturated carbocycles. The lowest BCUT2D eigenvalue weighted by Crippen LogP contribution is -2.18. The van der Waals surface area contributed by atoms with E-state index in [1.165, 1.54) is 4.68 Å². The summed E-state index contributed by atoms with van der Waals surface area (Å²) < 4.78 is 1.44. The smallest absolute Gasteiger partial charge is 0.328 e. The zero-order valence-corrected chi connectivity index (χ0v) is 11.9. The number of aliphatic carboxylic acids is 1. The van der Waals surface area contributed by atoms with Crippen LogP contribution in [0, 0.1) is 0 Å². The van der Waals surface area contributed by atoms with Crippen LogP contribution in [0.25, 0.3) is 22.5 Å². The minimum atomic E-state index is -0.955. The molecule has 3 aromatic rings. The number of aromatic nitrogens is 4. The zero-order chi connectivity index (χ0) is 15.5. The number of nitrogens with zero attached hydrogens (tertiary/aromatic N) is 4. The number of pyridine rings is 1. The standard InChI is InChI=1S/C16H14N4O2/c1-11(16(21)22)20-15(13-5-3-2-4-6-13)14(18-19-20)12-7-9-17-10-8-12/h2-11H,1H3,(H,21,22). The van der Waals surface area contributed by atoms with Crippen LogP contribution in [0.4, 0.5) is 0 Å². The molecule has 1 unspecified atom stereocenters. The molecule has 2 aromatic heterocycles. The number of benzene rings is 1. The Labute approximate surface area is 127 Å². The van der Waals surface area contributed by atoms with Gasteiger partial charge in [0.1, 0.15) is 11.7 Å². The van der Waals surface area contributed by atoms with Gasteiger partial charge in [-0.05, 0) is 19.1 Å². The Morgan fingerprint density at radius 3 is 2.41 bits per heavy atom. The van der Waals surface area contributed by atoms with Crippen molar-refractivity contribution in [3.63, 3.8) is 0 Å². The Kier molecular flexibility index (Phi) is 3.65. The fourth-order valence-corrected chi connectivity index (χ4v) is 2.24. The van der Waals surface area contributed by atoms with Gasteiger partial charge >= 0.3 is 5.97 Å². The normalized spacial score (nSPS) is 12.0. The van der Waals surface area contributed by atoms with Crippen LogP contribution in [0.1, 0.15) is 13.0 Å². The second-order valence-electron chi connectivity index (χ2n) is 4.85. The van der Waals surface area contributed by atoms with Crippen molar-refractivity contribution in [1.29, 1.82) is 0 Å². The van der Waals surface area contributed by atoms with E-state index in [1.54, 1.807) is 19.3 Å². The van der Waals surface area contributed by atoms with Crippen LogP contribution in [0.15, 0.2) is 54.9 Å². The number of rotatable bonds is 4. The Morgan fingerprint density at radius 1 is 1.09 bits per heavy atom. The molecule has 0 fully saturated rings. The summed E-state index contributed by atoms with van der Waals surface area (Å²) >= 11 is 0. The molecule has 110 valence electrons. The predicted octanol–water partition coefficient (Wildman–Crippen LogP) is 2.65. The van der Waals surface area contributed by atoms with E-state index in [2.05, 4.69) is 15.3 Å². The first-order chi connectivity index (χ1) is 10.7. The lowest BCUT2D eigenvalue weighted by Gasteiger charge is -2.11. The van der Waals surface area contributed by atoms with Crippen molar-refractivity contribution in [3.8, 4) is 22.5 Å². The summed E-state index contributed by atoms with van der Waals surface area (Å²) in [4.78, 5) is 15.3. The van der Waals surface area contributed by atoms with E-state index >= 15 is 0 Å². The number of hydrogen-bond acceptors (Lipinski definition) is 4. The van der Waals surface area contributed by atoms with E-state index in [0.717, 1.165) is 11.1 Å². The summed E-state index contributed by atoms with van der Waals surface area (Å²) in [6, 6.07) is 12.4. The highest BCUT2D eigenvalue weighted by Gasteiger charge is 2.23. The summed E-state index contributed by atoms with van der Waals surface area (Å²) in [6.45, 7) is 1.58. The van der Waals surface area contributed by atoms with Gasteiger partial charge in [0.05, 0.1) is 5.69 Å². The lowest BCUT2D eigenvalue weighted by atomic mass is 10.1. The second-order valence-corrected chi connectivity index (χ2v) is 4.85. The first-order valence-electron chi connectivity index (χ1n) is 6.82. The average Bonchev–Trinajstić information content (AvgIpc) is 3.00. The van der Waals surface area contributed by atoms with E-state index in [0.29, 0.717) is 11.4 Å². The summed E-state index contributed by atoms with van der Waals surface area (Å²) in [6.07, 6.45) is 3.34. The Bertz CT molecular complexity index is 784. The van der Waals surface area contributed by atoms with Crippen molar-refractivity contribution in [2.24, 2.45) is 0 Å². The van der Waals surface area contributed by atoms with E-state index < -0.39 is 12.0 Å². The fourth-order valence-electron chi connectivity index (χ4n) is 2.24. The monoisotopic (exact) mass is 294 g/mol. The van der Waals surface area contributed by atoms with Gasteiger partial charge in [0.25, 0.3) is 0 Å². The molecule has 0 aliphatic heterocycles. The maximum absolute atomic E-state index is 11.3. The molecule has 0 amide bonds. The highest BCUT2D eigenvalue weighted by atomic mass is 16.4. The van der Waals surface area contributed by atoms with Gasteiger partial charge in [-0.15, -0.1) is 5.10 Å². The van der Waals surface area contributed by atoms with Gasteiger partial charge in [-0.3, -0.25) is 4.98 Å². The van der Waals surface area contributed by atoms with Crippen LogP contribution in [0.2, 0.25) is 0 Å². The van der Waals surface area contributed by atoms with Crippen molar-refractivity contribution in [2.75, 3.05) is 0 Å². The number of carboxylic acids is 1. The highest BCUT2D eigenvalue weighted by Crippen LogP contribution is 2.31. The summed E-state index contributed by atoms with van der Waals surface area (Å²) in [7, 11) is 0. The van der Waals surface area contributed by atoms with Crippen LogP contribution >= 0.6 is 0 Å². The molecular formula is C16H14N4O2. The zero-order valence-electron chi connectivity index (χ0n) is 11.9. The molecule has 2 heterocycles. The van der Waals surface area contributed by atoms with Gasteiger partial charge in [-0.2, -0.15) is 0 Å². The molecule has 0 spiro atoms. The minimum Gasteiger partial charge on any atom is -0.480 e. The molecule has 0 saturated heterocycles. The van der Waals surface area contributed by atoms with E-state index in [-0.39, 0.29) is 0 Å². The van der Waals surface area contributed by atoms with Crippen LogP contribution in [-0.2, 0) is 4.79 Å². The second kappa shape index (κ2) is 5.77.